The van der Waals surface area contributed by atoms with Crippen molar-refractivity contribution in [1.82, 2.24) is 5.32 Å². The lowest BCUT2D eigenvalue weighted by Crippen LogP contribution is -2.24. The van der Waals surface area contributed by atoms with Gasteiger partial charge in [-0.15, -0.1) is 0 Å². The van der Waals surface area contributed by atoms with Crippen molar-refractivity contribution in [3.05, 3.63) is 103 Å². The fourth-order valence-electron chi connectivity index (χ4n) is 2.87. The average Bonchev–Trinajstić information content (AvgIpc) is 2.81. The van der Waals surface area contributed by atoms with Gasteiger partial charge in [0.1, 0.15) is 12.4 Å². The van der Waals surface area contributed by atoms with Crippen molar-refractivity contribution in [3.8, 4) is 5.75 Å². The van der Waals surface area contributed by atoms with Crippen LogP contribution in [0.1, 0.15) is 15.9 Å². The van der Waals surface area contributed by atoms with Gasteiger partial charge in [0.25, 0.3) is 5.91 Å². The Bertz CT molecular complexity index is 1030. The highest BCUT2D eigenvalue weighted by Gasteiger charge is 2.09. The van der Waals surface area contributed by atoms with Crippen molar-refractivity contribution in [1.29, 1.82) is 0 Å². The molecule has 0 bridgehead atoms. The number of amides is 2. The summed E-state index contributed by atoms with van der Waals surface area (Å²) in [6.07, 6.45) is 1.64. The van der Waals surface area contributed by atoms with Crippen LogP contribution in [0.5, 0.6) is 5.75 Å². The molecule has 3 rings (SSSR count). The van der Waals surface area contributed by atoms with E-state index in [0.29, 0.717) is 35.8 Å². The minimum absolute atomic E-state index is 0.0465. The number of hydrogen-bond donors (Lipinski definition) is 3. The molecule has 158 valence electrons. The zero-order chi connectivity index (χ0) is 21.9. The van der Waals surface area contributed by atoms with Gasteiger partial charge in [0.15, 0.2) is 0 Å². The van der Waals surface area contributed by atoms with E-state index in [1.54, 1.807) is 36.4 Å². The highest BCUT2D eigenvalue weighted by Crippen LogP contribution is 2.23. The van der Waals surface area contributed by atoms with Crippen LogP contribution in [0.3, 0.4) is 0 Å². The minimum Gasteiger partial charge on any atom is -0.487 e. The van der Waals surface area contributed by atoms with E-state index in [4.69, 9.17) is 4.74 Å². The molecule has 0 aliphatic rings. The maximum atomic E-state index is 12.4. The van der Waals surface area contributed by atoms with E-state index in [1.807, 2.05) is 48.5 Å². The fraction of sp³-hybridized carbons (Fsp3) is 0.120. The van der Waals surface area contributed by atoms with Crippen molar-refractivity contribution in [3.63, 3.8) is 0 Å². The SMILES string of the molecule is C=CCOc1ccccc1NC(=O)CNc1cccc(C(=O)NCc2ccccc2)c1. The van der Waals surface area contributed by atoms with Crippen molar-refractivity contribution in [2.24, 2.45) is 0 Å². The first-order valence-electron chi connectivity index (χ1n) is 9.94. The molecule has 0 aromatic heterocycles. The van der Waals surface area contributed by atoms with Gasteiger partial charge < -0.3 is 20.7 Å². The Balaban J connectivity index is 1.53. The molecule has 0 aliphatic heterocycles. The molecule has 3 N–H and O–H groups in total. The summed E-state index contributed by atoms with van der Waals surface area (Å²) in [6, 6.07) is 24.0. The molecule has 0 saturated carbocycles. The molecule has 0 fully saturated rings. The summed E-state index contributed by atoms with van der Waals surface area (Å²) in [5.41, 5.74) is 2.81. The van der Waals surface area contributed by atoms with E-state index in [-0.39, 0.29) is 18.4 Å². The summed E-state index contributed by atoms with van der Waals surface area (Å²) in [6.45, 7) is 4.47. The molecule has 2 amide bonds. The minimum atomic E-state index is -0.228. The Morgan fingerprint density at radius 3 is 2.52 bits per heavy atom. The summed E-state index contributed by atoms with van der Waals surface area (Å²) in [4.78, 5) is 24.8. The Kier molecular flexibility index (Phi) is 7.83. The van der Waals surface area contributed by atoms with Crippen molar-refractivity contribution < 1.29 is 14.3 Å². The van der Waals surface area contributed by atoms with Crippen LogP contribution in [0.2, 0.25) is 0 Å². The van der Waals surface area contributed by atoms with Gasteiger partial charge in [-0.1, -0.05) is 61.2 Å². The second-order valence-electron chi connectivity index (χ2n) is 6.75. The average molecular weight is 415 g/mol. The van der Waals surface area contributed by atoms with Crippen LogP contribution in [0.4, 0.5) is 11.4 Å². The summed E-state index contributed by atoms with van der Waals surface area (Å²) >= 11 is 0. The van der Waals surface area contributed by atoms with Gasteiger partial charge in [0.2, 0.25) is 5.91 Å². The lowest BCUT2D eigenvalue weighted by molar-refractivity contribution is -0.114. The van der Waals surface area contributed by atoms with Crippen LogP contribution < -0.4 is 20.7 Å². The normalized spacial score (nSPS) is 10.1. The molecule has 0 radical (unpaired) electrons. The third-order valence-corrected chi connectivity index (χ3v) is 4.39. The number of nitrogens with one attached hydrogen (secondary N) is 3. The van der Waals surface area contributed by atoms with Crippen molar-refractivity contribution >= 4 is 23.2 Å². The first kappa shape index (κ1) is 21.6. The van der Waals surface area contributed by atoms with Crippen LogP contribution in [0.25, 0.3) is 0 Å². The molecule has 3 aromatic rings. The number of para-hydroxylation sites is 2. The van der Waals surface area contributed by atoms with E-state index in [1.165, 1.54) is 0 Å². The van der Waals surface area contributed by atoms with Crippen LogP contribution >= 0.6 is 0 Å². The Morgan fingerprint density at radius 1 is 0.935 bits per heavy atom. The first-order valence-corrected chi connectivity index (χ1v) is 9.94. The summed E-state index contributed by atoms with van der Waals surface area (Å²) < 4.78 is 5.55. The molecule has 3 aromatic carbocycles. The van der Waals surface area contributed by atoms with E-state index in [9.17, 15) is 9.59 Å². The van der Waals surface area contributed by atoms with Gasteiger partial charge in [0.05, 0.1) is 12.2 Å². The zero-order valence-electron chi connectivity index (χ0n) is 17.1. The van der Waals surface area contributed by atoms with Crippen LogP contribution in [0, 0.1) is 0 Å². The molecule has 6 nitrogen and oxygen atoms in total. The van der Waals surface area contributed by atoms with E-state index < -0.39 is 0 Å². The second kappa shape index (κ2) is 11.2. The number of rotatable bonds is 10. The Morgan fingerprint density at radius 2 is 1.71 bits per heavy atom. The predicted molar refractivity (Wildman–Crippen MR) is 123 cm³/mol. The third kappa shape index (κ3) is 6.75. The predicted octanol–water partition coefficient (Wildman–Crippen LogP) is 4.23. The van der Waals surface area contributed by atoms with Gasteiger partial charge in [0, 0.05) is 17.8 Å². The molecule has 0 aliphatic carbocycles. The van der Waals surface area contributed by atoms with Gasteiger partial charge >= 0.3 is 0 Å². The zero-order valence-corrected chi connectivity index (χ0v) is 17.1. The first-order chi connectivity index (χ1) is 15.2. The van der Waals surface area contributed by atoms with Crippen molar-refractivity contribution in [2.75, 3.05) is 23.8 Å². The molecule has 0 heterocycles. The quantitative estimate of drug-likeness (QED) is 0.433. The van der Waals surface area contributed by atoms with E-state index in [2.05, 4.69) is 22.5 Å². The molecule has 0 spiro atoms. The highest BCUT2D eigenvalue weighted by molar-refractivity contribution is 5.96. The number of carbonyl (C=O) groups excluding carboxylic acids is 2. The number of hydrogen-bond acceptors (Lipinski definition) is 4. The smallest absolute Gasteiger partial charge is 0.251 e. The van der Waals surface area contributed by atoms with Gasteiger partial charge in [-0.3, -0.25) is 9.59 Å². The number of benzene rings is 3. The van der Waals surface area contributed by atoms with Gasteiger partial charge in [-0.2, -0.15) is 0 Å². The summed E-state index contributed by atoms with van der Waals surface area (Å²) in [5, 5.41) is 8.77. The summed E-state index contributed by atoms with van der Waals surface area (Å²) in [5.74, 6) is 0.173. The monoisotopic (exact) mass is 415 g/mol. The molecule has 31 heavy (non-hydrogen) atoms. The number of anilines is 2. The van der Waals surface area contributed by atoms with Crippen molar-refractivity contribution in [2.45, 2.75) is 6.54 Å². The maximum absolute atomic E-state index is 12.4. The molecule has 0 unspecified atom stereocenters. The topological polar surface area (TPSA) is 79.5 Å². The van der Waals surface area contributed by atoms with Crippen LogP contribution in [-0.4, -0.2) is 25.0 Å². The third-order valence-electron chi connectivity index (χ3n) is 4.39. The lowest BCUT2D eigenvalue weighted by Gasteiger charge is -2.12. The molecular weight excluding hydrogens is 390 g/mol. The highest BCUT2D eigenvalue weighted by atomic mass is 16.5. The van der Waals surface area contributed by atoms with E-state index >= 15 is 0 Å². The number of ether oxygens (including phenoxy) is 1. The molecular formula is C25H25N3O3. The van der Waals surface area contributed by atoms with E-state index in [0.717, 1.165) is 5.56 Å². The maximum Gasteiger partial charge on any atom is 0.251 e. The van der Waals surface area contributed by atoms with Crippen LogP contribution in [-0.2, 0) is 11.3 Å². The molecule has 6 heteroatoms. The Hall–Kier alpha value is -4.06. The molecule has 0 atom stereocenters. The molecule has 0 saturated heterocycles. The Labute approximate surface area is 181 Å². The summed E-state index contributed by atoms with van der Waals surface area (Å²) in [7, 11) is 0. The van der Waals surface area contributed by atoms with Gasteiger partial charge in [-0.05, 0) is 35.9 Å². The van der Waals surface area contributed by atoms with Crippen LogP contribution in [0.15, 0.2) is 91.5 Å². The lowest BCUT2D eigenvalue weighted by atomic mass is 10.1. The van der Waals surface area contributed by atoms with Gasteiger partial charge in [-0.25, -0.2) is 0 Å². The second-order valence-corrected chi connectivity index (χ2v) is 6.75. The number of carbonyl (C=O) groups is 2. The fourth-order valence-corrected chi connectivity index (χ4v) is 2.87. The standard InChI is InChI=1S/C25H25N3O3/c1-2-15-31-23-14-7-6-13-22(23)28-24(29)18-26-21-12-8-11-20(16-21)25(30)27-17-19-9-4-3-5-10-19/h2-14,16,26H,1,15,17-18H2,(H,27,30)(H,28,29). The largest absolute Gasteiger partial charge is 0.487 e.